The number of aryl methyl sites for hydroxylation is 1. The van der Waals surface area contributed by atoms with E-state index in [9.17, 15) is 8.60 Å². The average Bonchev–Trinajstić information content (AvgIpc) is 3.14. The smallest absolute Gasteiger partial charge is 0.139 e. The minimum Gasteiger partial charge on any atom is -0.347 e. The number of aromatic nitrogens is 1. The number of rotatable bonds is 2. The summed E-state index contributed by atoms with van der Waals surface area (Å²) in [5.74, 6) is -0.420. The fraction of sp³-hybridized carbons (Fsp3) is 0.300. The van der Waals surface area contributed by atoms with E-state index in [1.165, 1.54) is 23.7 Å². The molecule has 128 valence electrons. The van der Waals surface area contributed by atoms with Gasteiger partial charge in [0.05, 0.1) is 15.7 Å². The molecule has 3 aromatic rings. The molecular formula is C20H19FN2OS. The second-order valence-electron chi connectivity index (χ2n) is 7.00. The van der Waals surface area contributed by atoms with Gasteiger partial charge >= 0.3 is 0 Å². The maximum Gasteiger partial charge on any atom is 0.139 e. The van der Waals surface area contributed by atoms with E-state index in [0.29, 0.717) is 17.0 Å². The van der Waals surface area contributed by atoms with E-state index in [0.717, 1.165) is 23.7 Å². The molecule has 2 bridgehead atoms. The van der Waals surface area contributed by atoms with Gasteiger partial charge in [0.1, 0.15) is 5.82 Å². The quantitative estimate of drug-likeness (QED) is 0.759. The SMILES string of the molecule is Cn1c2c(c3cc(S(=O)c4ccccc4F)ccc31)C1CCC(C2)N1. The normalized spacial score (nSPS) is 23.0. The summed E-state index contributed by atoms with van der Waals surface area (Å²) >= 11 is 0. The third kappa shape index (κ3) is 2.22. The molecule has 2 aromatic carbocycles. The summed E-state index contributed by atoms with van der Waals surface area (Å²) in [6, 6.07) is 13.1. The lowest BCUT2D eigenvalue weighted by Gasteiger charge is -2.23. The molecule has 3 nitrogen and oxygen atoms in total. The molecule has 1 fully saturated rings. The molecular weight excluding hydrogens is 335 g/mol. The summed E-state index contributed by atoms with van der Waals surface area (Å²) in [5.41, 5.74) is 3.89. The van der Waals surface area contributed by atoms with Crippen molar-refractivity contribution in [3.8, 4) is 0 Å². The van der Waals surface area contributed by atoms with E-state index in [-0.39, 0.29) is 4.90 Å². The van der Waals surface area contributed by atoms with Crippen LogP contribution in [0.15, 0.2) is 52.3 Å². The third-order valence-corrected chi connectivity index (χ3v) is 7.03. The summed E-state index contributed by atoms with van der Waals surface area (Å²) in [6.07, 6.45) is 3.40. The van der Waals surface area contributed by atoms with E-state index in [1.54, 1.807) is 18.2 Å². The molecule has 0 amide bonds. The lowest BCUT2D eigenvalue weighted by atomic mass is 9.99. The van der Waals surface area contributed by atoms with Crippen molar-refractivity contribution in [1.29, 1.82) is 0 Å². The monoisotopic (exact) mass is 354 g/mol. The van der Waals surface area contributed by atoms with Gasteiger partial charge < -0.3 is 9.88 Å². The Bertz CT molecular complexity index is 1030. The van der Waals surface area contributed by atoms with Crippen molar-refractivity contribution in [2.75, 3.05) is 0 Å². The van der Waals surface area contributed by atoms with Crippen LogP contribution in [-0.4, -0.2) is 14.8 Å². The highest BCUT2D eigenvalue weighted by molar-refractivity contribution is 7.85. The lowest BCUT2D eigenvalue weighted by Crippen LogP contribution is -2.32. The van der Waals surface area contributed by atoms with Crippen molar-refractivity contribution in [3.63, 3.8) is 0 Å². The lowest BCUT2D eigenvalue weighted by molar-refractivity contribution is 0.503. The van der Waals surface area contributed by atoms with Gasteiger partial charge in [-0.3, -0.25) is 0 Å². The van der Waals surface area contributed by atoms with Crippen molar-refractivity contribution in [2.45, 2.75) is 41.1 Å². The minimum atomic E-state index is -1.51. The molecule has 2 aliphatic heterocycles. The first-order valence-electron chi connectivity index (χ1n) is 8.67. The van der Waals surface area contributed by atoms with E-state index >= 15 is 0 Å². The zero-order valence-corrected chi connectivity index (χ0v) is 14.8. The van der Waals surface area contributed by atoms with Crippen LogP contribution in [-0.2, 0) is 24.3 Å². The van der Waals surface area contributed by atoms with Crippen LogP contribution in [0.4, 0.5) is 4.39 Å². The predicted octanol–water partition coefficient (Wildman–Crippen LogP) is 3.83. The summed E-state index contributed by atoms with van der Waals surface area (Å²) < 4.78 is 29.2. The predicted molar refractivity (Wildman–Crippen MR) is 96.6 cm³/mol. The molecule has 1 saturated heterocycles. The first-order chi connectivity index (χ1) is 12.1. The zero-order valence-electron chi connectivity index (χ0n) is 14.0. The first kappa shape index (κ1) is 15.3. The van der Waals surface area contributed by atoms with Crippen molar-refractivity contribution in [1.82, 2.24) is 9.88 Å². The van der Waals surface area contributed by atoms with Crippen molar-refractivity contribution >= 4 is 21.7 Å². The van der Waals surface area contributed by atoms with E-state index in [4.69, 9.17) is 0 Å². The Morgan fingerprint density at radius 3 is 2.88 bits per heavy atom. The second-order valence-corrected chi connectivity index (χ2v) is 8.44. The van der Waals surface area contributed by atoms with Crippen LogP contribution in [0, 0.1) is 5.82 Å². The summed E-state index contributed by atoms with van der Waals surface area (Å²) in [4.78, 5) is 0.900. The molecule has 3 unspecified atom stereocenters. The molecule has 0 radical (unpaired) electrons. The molecule has 0 aliphatic carbocycles. The van der Waals surface area contributed by atoms with Gasteiger partial charge in [0.25, 0.3) is 0 Å². The Kier molecular flexibility index (Phi) is 3.37. The van der Waals surface area contributed by atoms with Gasteiger partial charge in [-0.2, -0.15) is 0 Å². The number of hydrogen-bond donors (Lipinski definition) is 1. The second kappa shape index (κ2) is 5.51. The molecule has 2 aliphatic rings. The highest BCUT2D eigenvalue weighted by Crippen LogP contribution is 2.42. The van der Waals surface area contributed by atoms with Gasteiger partial charge in [0.2, 0.25) is 0 Å². The van der Waals surface area contributed by atoms with Crippen LogP contribution in [0.3, 0.4) is 0 Å². The number of nitrogens with zero attached hydrogens (tertiary/aromatic N) is 1. The fourth-order valence-corrected chi connectivity index (χ4v) is 5.54. The van der Waals surface area contributed by atoms with Crippen LogP contribution in [0.5, 0.6) is 0 Å². The van der Waals surface area contributed by atoms with Crippen molar-refractivity contribution in [2.24, 2.45) is 7.05 Å². The molecule has 5 rings (SSSR count). The Balaban J connectivity index is 1.68. The average molecular weight is 354 g/mol. The molecule has 3 heterocycles. The van der Waals surface area contributed by atoms with Gasteiger partial charge in [0.15, 0.2) is 0 Å². The number of nitrogens with one attached hydrogen (secondary N) is 1. The Hall–Kier alpha value is -1.98. The van der Waals surface area contributed by atoms with Crippen LogP contribution < -0.4 is 5.32 Å². The van der Waals surface area contributed by atoms with Gasteiger partial charge in [0, 0.05) is 47.0 Å². The molecule has 5 heteroatoms. The topological polar surface area (TPSA) is 34.0 Å². The maximum absolute atomic E-state index is 14.0. The van der Waals surface area contributed by atoms with E-state index in [2.05, 4.69) is 16.9 Å². The molecule has 1 aromatic heterocycles. The van der Waals surface area contributed by atoms with Crippen LogP contribution >= 0.6 is 0 Å². The standard InChI is InChI=1S/C20H19FN2OS/c1-23-17-9-7-13(25(24)19-5-3-2-4-15(19)21)11-14(17)20-16-8-6-12(22-16)10-18(20)23/h2-5,7,9,11-12,16,22H,6,8,10H2,1H3. The molecule has 25 heavy (non-hydrogen) atoms. The first-order valence-corrected chi connectivity index (χ1v) is 9.82. The number of fused-ring (bicyclic) bond motifs is 6. The highest BCUT2D eigenvalue weighted by Gasteiger charge is 2.35. The highest BCUT2D eigenvalue weighted by atomic mass is 32.2. The minimum absolute atomic E-state index is 0.241. The Morgan fingerprint density at radius 1 is 1.20 bits per heavy atom. The largest absolute Gasteiger partial charge is 0.347 e. The van der Waals surface area contributed by atoms with Crippen LogP contribution in [0.1, 0.15) is 30.1 Å². The molecule has 3 atom stereocenters. The van der Waals surface area contributed by atoms with Gasteiger partial charge in [-0.1, -0.05) is 12.1 Å². The molecule has 0 spiro atoms. The van der Waals surface area contributed by atoms with E-state index < -0.39 is 16.6 Å². The number of benzene rings is 2. The van der Waals surface area contributed by atoms with Gasteiger partial charge in [-0.25, -0.2) is 8.60 Å². The Morgan fingerprint density at radius 2 is 2.04 bits per heavy atom. The summed E-state index contributed by atoms with van der Waals surface area (Å²) in [5, 5.41) is 4.84. The van der Waals surface area contributed by atoms with Crippen molar-refractivity contribution < 1.29 is 8.60 Å². The van der Waals surface area contributed by atoms with Crippen LogP contribution in [0.2, 0.25) is 0 Å². The summed E-state index contributed by atoms with van der Waals surface area (Å²) in [6.45, 7) is 0. The third-order valence-electron chi connectivity index (χ3n) is 5.61. The number of hydrogen-bond acceptors (Lipinski definition) is 2. The van der Waals surface area contributed by atoms with Crippen molar-refractivity contribution in [3.05, 3.63) is 59.5 Å². The molecule has 1 N–H and O–H groups in total. The van der Waals surface area contributed by atoms with Gasteiger partial charge in [-0.15, -0.1) is 0 Å². The fourth-order valence-electron chi connectivity index (χ4n) is 4.42. The summed E-state index contributed by atoms with van der Waals surface area (Å²) in [7, 11) is 0.597. The number of halogens is 1. The maximum atomic E-state index is 14.0. The Labute approximate surface area is 148 Å². The van der Waals surface area contributed by atoms with Crippen LogP contribution in [0.25, 0.3) is 10.9 Å². The van der Waals surface area contributed by atoms with E-state index in [1.807, 2.05) is 18.2 Å². The zero-order chi connectivity index (χ0) is 17.1. The van der Waals surface area contributed by atoms with Gasteiger partial charge in [-0.05, 0) is 48.7 Å². The molecule has 0 saturated carbocycles.